The fraction of sp³-hybridized carbons (Fsp3) is 0.250. The number of benzene rings is 1. The zero-order chi connectivity index (χ0) is 15.4. The summed E-state index contributed by atoms with van der Waals surface area (Å²) in [5.74, 6) is 0.0122. The maximum Gasteiger partial charge on any atom is 0.321 e. The van der Waals surface area contributed by atoms with E-state index in [1.807, 2.05) is 18.4 Å². The zero-order valence-corrected chi connectivity index (χ0v) is 13.2. The van der Waals surface area contributed by atoms with Gasteiger partial charge in [-0.1, -0.05) is 0 Å². The predicted molar refractivity (Wildman–Crippen MR) is 86.0 cm³/mol. The maximum absolute atomic E-state index is 12.1. The van der Waals surface area contributed by atoms with Crippen molar-refractivity contribution >= 4 is 28.8 Å². The second-order valence-electron chi connectivity index (χ2n) is 4.95. The number of thiophene rings is 1. The van der Waals surface area contributed by atoms with Gasteiger partial charge in [0, 0.05) is 23.2 Å². The fourth-order valence-corrected chi connectivity index (χ4v) is 2.82. The monoisotopic (exact) mass is 302 g/mol. The van der Waals surface area contributed by atoms with Gasteiger partial charge < -0.3 is 10.2 Å². The van der Waals surface area contributed by atoms with Crippen LogP contribution in [0.4, 0.5) is 10.5 Å². The average molecular weight is 302 g/mol. The number of carbonyl (C=O) groups excluding carboxylic acids is 2. The van der Waals surface area contributed by atoms with Crippen LogP contribution in [0.25, 0.3) is 0 Å². The standard InChI is InChI=1S/C16H18N2O2S/c1-11-8-9-21-15(11)10-18(3)16(20)17-14-6-4-13(5-7-14)12(2)19/h4-9H,10H2,1-3H3,(H,17,20). The molecule has 1 aromatic heterocycles. The summed E-state index contributed by atoms with van der Waals surface area (Å²) in [5.41, 5.74) is 2.51. The summed E-state index contributed by atoms with van der Waals surface area (Å²) in [6.45, 7) is 4.14. The molecule has 0 unspecified atom stereocenters. The second kappa shape index (κ2) is 6.54. The summed E-state index contributed by atoms with van der Waals surface area (Å²) in [6, 6.07) is 8.77. The van der Waals surface area contributed by atoms with Gasteiger partial charge in [0.1, 0.15) is 0 Å². The van der Waals surface area contributed by atoms with Crippen LogP contribution in [0, 0.1) is 6.92 Å². The molecule has 0 atom stereocenters. The van der Waals surface area contributed by atoms with E-state index >= 15 is 0 Å². The minimum atomic E-state index is -0.168. The SMILES string of the molecule is CC(=O)c1ccc(NC(=O)N(C)Cc2sccc2C)cc1. The molecule has 1 heterocycles. The number of urea groups is 1. The summed E-state index contributed by atoms with van der Waals surface area (Å²) >= 11 is 1.65. The molecule has 0 saturated heterocycles. The van der Waals surface area contributed by atoms with Gasteiger partial charge in [-0.2, -0.15) is 0 Å². The van der Waals surface area contributed by atoms with Crippen molar-refractivity contribution in [3.8, 4) is 0 Å². The Hall–Kier alpha value is -2.14. The molecular weight excluding hydrogens is 284 g/mol. The molecule has 0 radical (unpaired) electrons. The molecule has 5 heteroatoms. The highest BCUT2D eigenvalue weighted by molar-refractivity contribution is 7.10. The van der Waals surface area contributed by atoms with Crippen molar-refractivity contribution < 1.29 is 9.59 Å². The summed E-state index contributed by atoms with van der Waals surface area (Å²) in [6.07, 6.45) is 0. The second-order valence-corrected chi connectivity index (χ2v) is 5.95. The number of aryl methyl sites for hydroxylation is 1. The van der Waals surface area contributed by atoms with E-state index in [0.29, 0.717) is 17.8 Å². The van der Waals surface area contributed by atoms with Crippen molar-refractivity contribution in [3.05, 3.63) is 51.7 Å². The van der Waals surface area contributed by atoms with E-state index in [1.165, 1.54) is 17.4 Å². The third-order valence-electron chi connectivity index (χ3n) is 3.24. The Labute approximate surface area is 128 Å². The molecular formula is C16H18N2O2S. The van der Waals surface area contributed by atoms with E-state index in [9.17, 15) is 9.59 Å². The van der Waals surface area contributed by atoms with E-state index in [1.54, 1.807) is 47.5 Å². The van der Waals surface area contributed by atoms with Gasteiger partial charge in [0.25, 0.3) is 0 Å². The lowest BCUT2D eigenvalue weighted by Crippen LogP contribution is -2.30. The highest BCUT2D eigenvalue weighted by Gasteiger charge is 2.11. The Morgan fingerprint density at radius 1 is 1.19 bits per heavy atom. The lowest BCUT2D eigenvalue weighted by atomic mass is 10.1. The van der Waals surface area contributed by atoms with Gasteiger partial charge in [-0.15, -0.1) is 11.3 Å². The number of amides is 2. The Bertz CT molecular complexity index is 647. The molecule has 1 aromatic carbocycles. The maximum atomic E-state index is 12.1. The van der Waals surface area contributed by atoms with E-state index in [0.717, 1.165) is 0 Å². The normalized spacial score (nSPS) is 10.2. The molecule has 0 saturated carbocycles. The van der Waals surface area contributed by atoms with E-state index in [-0.39, 0.29) is 11.8 Å². The number of carbonyl (C=O) groups is 2. The van der Waals surface area contributed by atoms with Crippen molar-refractivity contribution in [1.29, 1.82) is 0 Å². The van der Waals surface area contributed by atoms with Crippen LogP contribution in [0.15, 0.2) is 35.7 Å². The molecule has 0 spiro atoms. The summed E-state index contributed by atoms with van der Waals surface area (Å²) in [5, 5.41) is 4.84. The molecule has 4 nitrogen and oxygen atoms in total. The van der Waals surface area contributed by atoms with Crippen LogP contribution < -0.4 is 5.32 Å². The van der Waals surface area contributed by atoms with Gasteiger partial charge in [0.2, 0.25) is 0 Å². The number of ketones is 1. The molecule has 2 rings (SSSR count). The highest BCUT2D eigenvalue weighted by Crippen LogP contribution is 2.18. The minimum absolute atomic E-state index is 0.0122. The van der Waals surface area contributed by atoms with Crippen LogP contribution in [0.2, 0.25) is 0 Å². The smallest absolute Gasteiger partial charge is 0.321 e. The molecule has 0 aliphatic carbocycles. The largest absolute Gasteiger partial charge is 0.322 e. The molecule has 21 heavy (non-hydrogen) atoms. The fourth-order valence-electron chi connectivity index (χ4n) is 1.86. The average Bonchev–Trinajstić information content (AvgIpc) is 2.84. The summed E-state index contributed by atoms with van der Waals surface area (Å²) in [4.78, 5) is 26.1. The van der Waals surface area contributed by atoms with E-state index in [4.69, 9.17) is 0 Å². The Kier molecular flexibility index (Phi) is 4.75. The summed E-state index contributed by atoms with van der Waals surface area (Å²) < 4.78 is 0. The molecule has 110 valence electrons. The van der Waals surface area contributed by atoms with E-state index in [2.05, 4.69) is 5.32 Å². The van der Waals surface area contributed by atoms with Crippen LogP contribution in [0.5, 0.6) is 0 Å². The lowest BCUT2D eigenvalue weighted by molar-refractivity contribution is 0.101. The van der Waals surface area contributed by atoms with Crippen molar-refractivity contribution in [2.24, 2.45) is 0 Å². The first-order valence-corrected chi connectivity index (χ1v) is 7.51. The number of anilines is 1. The molecule has 0 aliphatic rings. The van der Waals surface area contributed by atoms with Crippen LogP contribution in [0.3, 0.4) is 0 Å². The van der Waals surface area contributed by atoms with Crippen molar-refractivity contribution in [1.82, 2.24) is 4.90 Å². The third kappa shape index (κ3) is 3.92. The van der Waals surface area contributed by atoms with Gasteiger partial charge >= 0.3 is 6.03 Å². The molecule has 2 amide bonds. The highest BCUT2D eigenvalue weighted by atomic mass is 32.1. The topological polar surface area (TPSA) is 49.4 Å². The van der Waals surface area contributed by atoms with Crippen molar-refractivity contribution in [2.75, 3.05) is 12.4 Å². The van der Waals surface area contributed by atoms with Gasteiger partial charge in [-0.25, -0.2) is 4.79 Å². The number of hydrogen-bond acceptors (Lipinski definition) is 3. The van der Waals surface area contributed by atoms with Gasteiger partial charge in [0.15, 0.2) is 5.78 Å². The van der Waals surface area contributed by atoms with Crippen LogP contribution in [0.1, 0.15) is 27.7 Å². The molecule has 2 aromatic rings. The van der Waals surface area contributed by atoms with Crippen molar-refractivity contribution in [3.63, 3.8) is 0 Å². The minimum Gasteiger partial charge on any atom is -0.322 e. The number of nitrogens with one attached hydrogen (secondary N) is 1. The van der Waals surface area contributed by atoms with Gasteiger partial charge in [-0.05, 0) is 55.1 Å². The third-order valence-corrected chi connectivity index (χ3v) is 4.25. The van der Waals surface area contributed by atoms with Crippen LogP contribution in [-0.4, -0.2) is 23.8 Å². The van der Waals surface area contributed by atoms with Crippen LogP contribution >= 0.6 is 11.3 Å². The first-order valence-electron chi connectivity index (χ1n) is 6.63. The van der Waals surface area contributed by atoms with Gasteiger partial charge in [-0.3, -0.25) is 4.79 Å². The first kappa shape index (κ1) is 15.3. The van der Waals surface area contributed by atoms with E-state index < -0.39 is 0 Å². The Morgan fingerprint density at radius 3 is 2.38 bits per heavy atom. The number of hydrogen-bond donors (Lipinski definition) is 1. The molecule has 0 fully saturated rings. The number of nitrogens with zero attached hydrogens (tertiary/aromatic N) is 1. The predicted octanol–water partition coefficient (Wildman–Crippen LogP) is 3.92. The molecule has 0 aliphatic heterocycles. The Balaban J connectivity index is 1.97. The lowest BCUT2D eigenvalue weighted by Gasteiger charge is -2.17. The molecule has 1 N–H and O–H groups in total. The molecule has 0 bridgehead atoms. The number of Topliss-reactive ketones (excluding diaryl/α,β-unsaturated/α-hetero) is 1. The van der Waals surface area contributed by atoms with Crippen molar-refractivity contribution in [2.45, 2.75) is 20.4 Å². The zero-order valence-electron chi connectivity index (χ0n) is 12.3. The summed E-state index contributed by atoms with van der Waals surface area (Å²) in [7, 11) is 1.76. The number of rotatable bonds is 4. The van der Waals surface area contributed by atoms with Crippen LogP contribution in [-0.2, 0) is 6.54 Å². The first-order chi connectivity index (χ1) is 9.97. The van der Waals surface area contributed by atoms with Gasteiger partial charge in [0.05, 0.1) is 6.54 Å². The Morgan fingerprint density at radius 2 is 1.86 bits per heavy atom. The quantitative estimate of drug-likeness (QED) is 0.870.